The van der Waals surface area contributed by atoms with Gasteiger partial charge in [0.15, 0.2) is 0 Å². The Labute approximate surface area is 138 Å². The summed E-state index contributed by atoms with van der Waals surface area (Å²) >= 11 is 0. The predicted molar refractivity (Wildman–Crippen MR) is 94.3 cm³/mol. The summed E-state index contributed by atoms with van der Waals surface area (Å²) in [6.45, 7) is 18.5. The molecule has 0 saturated carbocycles. The molecule has 0 amide bonds. The molecule has 3 heterocycles. The van der Waals surface area contributed by atoms with Crippen LogP contribution in [0.5, 0.6) is 0 Å². The van der Waals surface area contributed by atoms with Crippen LogP contribution >= 0.6 is 0 Å². The molecule has 3 nitrogen and oxygen atoms in total. The van der Waals surface area contributed by atoms with Gasteiger partial charge >= 0.3 is 0 Å². The van der Waals surface area contributed by atoms with E-state index in [0.29, 0.717) is 16.6 Å². The van der Waals surface area contributed by atoms with E-state index in [0.717, 1.165) is 5.92 Å². The molecule has 3 fully saturated rings. The molecule has 22 heavy (non-hydrogen) atoms. The van der Waals surface area contributed by atoms with Crippen molar-refractivity contribution in [2.45, 2.75) is 76.9 Å². The van der Waals surface area contributed by atoms with Gasteiger partial charge in [0.25, 0.3) is 0 Å². The largest absolute Gasteiger partial charge is 0.298 e. The summed E-state index contributed by atoms with van der Waals surface area (Å²) in [4.78, 5) is 7.98. The molecule has 0 aliphatic carbocycles. The van der Waals surface area contributed by atoms with E-state index in [9.17, 15) is 0 Å². The van der Waals surface area contributed by atoms with E-state index in [2.05, 4.69) is 56.4 Å². The fraction of sp³-hybridized carbons (Fsp3) is 1.00. The molecular formula is C19H37N3. The van der Waals surface area contributed by atoms with Crippen molar-refractivity contribution in [2.75, 3.05) is 39.8 Å². The smallest absolute Gasteiger partial charge is 0.0472 e. The molecule has 1 spiro atoms. The van der Waals surface area contributed by atoms with E-state index in [1.165, 1.54) is 58.4 Å². The Balaban J connectivity index is 1.47. The van der Waals surface area contributed by atoms with Crippen LogP contribution in [0.4, 0.5) is 0 Å². The topological polar surface area (TPSA) is 9.72 Å². The second kappa shape index (κ2) is 5.46. The minimum atomic E-state index is 0.346. The van der Waals surface area contributed by atoms with E-state index in [1.807, 2.05) is 0 Å². The normalized spacial score (nSPS) is 28.6. The highest BCUT2D eigenvalue weighted by molar-refractivity contribution is 5.12. The standard InChI is InChI=1S/C19H37N3/c1-17(2,3)21-10-7-16(8-11-21)13-18(4,5)22-14-19(15-22)9-12-20(19)6/h16H,7-15H2,1-6H3. The van der Waals surface area contributed by atoms with Crippen LogP contribution in [0.2, 0.25) is 0 Å². The molecule has 0 aromatic heterocycles. The highest BCUT2D eigenvalue weighted by atomic mass is 15.4. The zero-order chi connectivity index (χ0) is 16.2. The second-order valence-electron chi connectivity index (χ2n) is 9.87. The SMILES string of the molecule is CN1CCC12CN(C(C)(C)CC1CCN(C(C)(C)C)CC1)C2. The number of hydrogen-bond acceptors (Lipinski definition) is 3. The molecule has 0 N–H and O–H groups in total. The molecule has 3 rings (SSSR count). The molecule has 3 heteroatoms. The molecule has 3 aliphatic heterocycles. The molecule has 0 aromatic carbocycles. The summed E-state index contributed by atoms with van der Waals surface area (Å²) in [5, 5.41) is 0. The lowest BCUT2D eigenvalue weighted by molar-refractivity contribution is -0.146. The number of piperidine rings is 1. The molecule has 0 bridgehead atoms. The summed E-state index contributed by atoms with van der Waals surface area (Å²) in [6.07, 6.45) is 5.57. The van der Waals surface area contributed by atoms with Gasteiger partial charge in [-0.05, 0) is 86.4 Å². The van der Waals surface area contributed by atoms with Crippen LogP contribution in [-0.4, -0.2) is 71.1 Å². The first-order valence-corrected chi connectivity index (χ1v) is 9.34. The maximum atomic E-state index is 2.75. The molecule has 0 unspecified atom stereocenters. The first-order chi connectivity index (χ1) is 10.1. The number of rotatable bonds is 3. The van der Waals surface area contributed by atoms with Gasteiger partial charge < -0.3 is 0 Å². The molecule has 3 saturated heterocycles. The van der Waals surface area contributed by atoms with Gasteiger partial charge in [-0.15, -0.1) is 0 Å². The Morgan fingerprint density at radius 3 is 1.91 bits per heavy atom. The van der Waals surface area contributed by atoms with E-state index in [4.69, 9.17) is 0 Å². The third kappa shape index (κ3) is 2.97. The van der Waals surface area contributed by atoms with Crippen molar-refractivity contribution < 1.29 is 0 Å². The first kappa shape index (κ1) is 16.7. The Morgan fingerprint density at radius 2 is 1.50 bits per heavy atom. The van der Waals surface area contributed by atoms with Gasteiger partial charge in [-0.1, -0.05) is 0 Å². The van der Waals surface area contributed by atoms with Crippen molar-refractivity contribution in [2.24, 2.45) is 5.92 Å². The van der Waals surface area contributed by atoms with Crippen LogP contribution in [0.1, 0.15) is 60.3 Å². The minimum absolute atomic E-state index is 0.346. The number of nitrogens with zero attached hydrogens (tertiary/aromatic N) is 3. The van der Waals surface area contributed by atoms with Gasteiger partial charge in [0.1, 0.15) is 0 Å². The third-order valence-corrected chi connectivity index (χ3v) is 6.90. The average molecular weight is 308 g/mol. The highest BCUT2D eigenvalue weighted by Crippen LogP contribution is 2.43. The van der Waals surface area contributed by atoms with Crippen LogP contribution in [0, 0.1) is 5.92 Å². The quantitative estimate of drug-likeness (QED) is 0.793. The van der Waals surface area contributed by atoms with Crippen molar-refractivity contribution in [1.29, 1.82) is 0 Å². The van der Waals surface area contributed by atoms with Gasteiger partial charge in [0, 0.05) is 36.3 Å². The van der Waals surface area contributed by atoms with Crippen LogP contribution in [-0.2, 0) is 0 Å². The summed E-state index contributed by atoms with van der Waals surface area (Å²) in [7, 11) is 2.30. The van der Waals surface area contributed by atoms with Crippen LogP contribution in [0.25, 0.3) is 0 Å². The van der Waals surface area contributed by atoms with E-state index in [-0.39, 0.29) is 0 Å². The van der Waals surface area contributed by atoms with Crippen LogP contribution in [0.3, 0.4) is 0 Å². The summed E-state index contributed by atoms with van der Waals surface area (Å²) in [6, 6.07) is 0. The first-order valence-electron chi connectivity index (χ1n) is 9.34. The molecule has 0 atom stereocenters. The zero-order valence-electron chi connectivity index (χ0n) is 15.8. The van der Waals surface area contributed by atoms with Crippen LogP contribution < -0.4 is 0 Å². The summed E-state index contributed by atoms with van der Waals surface area (Å²) in [5.74, 6) is 0.921. The van der Waals surface area contributed by atoms with Gasteiger partial charge in [-0.25, -0.2) is 0 Å². The maximum absolute atomic E-state index is 2.75. The third-order valence-electron chi connectivity index (χ3n) is 6.90. The highest BCUT2D eigenvalue weighted by Gasteiger charge is 2.54. The fourth-order valence-corrected chi connectivity index (χ4v) is 4.79. The van der Waals surface area contributed by atoms with Crippen molar-refractivity contribution in [3.63, 3.8) is 0 Å². The lowest BCUT2D eigenvalue weighted by Gasteiger charge is -2.65. The second-order valence-corrected chi connectivity index (χ2v) is 9.87. The van der Waals surface area contributed by atoms with Crippen molar-refractivity contribution >= 4 is 0 Å². The average Bonchev–Trinajstić information content (AvgIpc) is 2.34. The Bertz CT molecular complexity index is 395. The summed E-state index contributed by atoms with van der Waals surface area (Å²) < 4.78 is 0. The molecular weight excluding hydrogens is 270 g/mol. The van der Waals surface area contributed by atoms with Gasteiger partial charge in [-0.3, -0.25) is 14.7 Å². The van der Waals surface area contributed by atoms with Crippen molar-refractivity contribution in [1.82, 2.24) is 14.7 Å². The summed E-state index contributed by atoms with van der Waals surface area (Å²) in [5.41, 5.74) is 1.29. The maximum Gasteiger partial charge on any atom is 0.0472 e. The van der Waals surface area contributed by atoms with E-state index >= 15 is 0 Å². The molecule has 3 aliphatic rings. The minimum Gasteiger partial charge on any atom is -0.298 e. The van der Waals surface area contributed by atoms with Gasteiger partial charge in [0.05, 0.1) is 0 Å². The van der Waals surface area contributed by atoms with E-state index < -0.39 is 0 Å². The number of likely N-dealkylation sites (tertiary alicyclic amines) is 3. The molecule has 0 aromatic rings. The van der Waals surface area contributed by atoms with Crippen molar-refractivity contribution in [3.8, 4) is 0 Å². The molecule has 128 valence electrons. The van der Waals surface area contributed by atoms with E-state index in [1.54, 1.807) is 0 Å². The predicted octanol–water partition coefficient (Wildman–Crippen LogP) is 3.06. The number of likely N-dealkylation sites (N-methyl/N-ethyl adjacent to an activating group) is 1. The zero-order valence-corrected chi connectivity index (χ0v) is 15.8. The van der Waals surface area contributed by atoms with Crippen molar-refractivity contribution in [3.05, 3.63) is 0 Å². The fourth-order valence-electron chi connectivity index (χ4n) is 4.79. The Morgan fingerprint density at radius 1 is 0.909 bits per heavy atom. The lowest BCUT2D eigenvalue weighted by atomic mass is 9.73. The Hall–Kier alpha value is -0.120. The van der Waals surface area contributed by atoms with Gasteiger partial charge in [-0.2, -0.15) is 0 Å². The Kier molecular flexibility index (Phi) is 4.15. The monoisotopic (exact) mass is 307 g/mol. The lowest BCUT2D eigenvalue weighted by Crippen LogP contribution is -2.78. The van der Waals surface area contributed by atoms with Gasteiger partial charge in [0.2, 0.25) is 0 Å². The molecule has 0 radical (unpaired) electrons. The van der Waals surface area contributed by atoms with Crippen LogP contribution in [0.15, 0.2) is 0 Å². The number of hydrogen-bond donors (Lipinski definition) is 0.